The van der Waals surface area contributed by atoms with Crippen LogP contribution in [0, 0.1) is 5.82 Å². The van der Waals surface area contributed by atoms with Gasteiger partial charge < -0.3 is 9.88 Å². The molecule has 0 atom stereocenters. The minimum Gasteiger partial charge on any atom is -0.347 e. The molecule has 0 spiro atoms. The molecule has 1 fully saturated rings. The monoisotopic (exact) mass is 246 g/mol. The van der Waals surface area contributed by atoms with Gasteiger partial charge >= 0.3 is 0 Å². The lowest BCUT2D eigenvalue weighted by atomic mass is 9.93. The van der Waals surface area contributed by atoms with Crippen molar-refractivity contribution < 1.29 is 4.39 Å². The van der Waals surface area contributed by atoms with E-state index < -0.39 is 0 Å². The Kier molecular flexibility index (Phi) is 3.08. The Hall–Kier alpha value is -1.35. The van der Waals surface area contributed by atoms with Crippen LogP contribution in [0.4, 0.5) is 4.39 Å². The van der Waals surface area contributed by atoms with Gasteiger partial charge in [-0.25, -0.2) is 4.39 Å². The van der Waals surface area contributed by atoms with Crippen molar-refractivity contribution in [3.63, 3.8) is 0 Å². The zero-order valence-electron chi connectivity index (χ0n) is 10.7. The van der Waals surface area contributed by atoms with E-state index in [4.69, 9.17) is 0 Å². The molecular formula is C15H19FN2. The molecule has 1 N–H and O–H groups in total. The molecule has 1 aliphatic carbocycles. The summed E-state index contributed by atoms with van der Waals surface area (Å²) in [5.41, 5.74) is 2.08. The first-order valence-electron chi connectivity index (χ1n) is 6.79. The molecule has 0 saturated heterocycles. The van der Waals surface area contributed by atoms with Crippen molar-refractivity contribution in [2.75, 3.05) is 0 Å². The Morgan fingerprint density at radius 3 is 2.89 bits per heavy atom. The standard InChI is InChI=1S/C15H19FN2/c1-2-18-10-11(9-17-12-5-3-6-12)15-13(16)7-4-8-14(15)18/h4,7-8,10,12,17H,2-3,5-6,9H2,1H3. The smallest absolute Gasteiger partial charge is 0.132 e. The molecule has 0 bridgehead atoms. The minimum atomic E-state index is -0.106. The van der Waals surface area contributed by atoms with Crippen molar-refractivity contribution in [2.24, 2.45) is 0 Å². The molecule has 18 heavy (non-hydrogen) atoms. The Morgan fingerprint density at radius 2 is 2.22 bits per heavy atom. The Labute approximate surface area is 107 Å². The molecule has 3 rings (SSSR count). The molecule has 0 unspecified atom stereocenters. The first kappa shape index (κ1) is 11.7. The van der Waals surface area contributed by atoms with Gasteiger partial charge in [0.2, 0.25) is 0 Å². The highest BCUT2D eigenvalue weighted by Gasteiger charge is 2.18. The number of rotatable bonds is 4. The van der Waals surface area contributed by atoms with Crippen LogP contribution in [0.25, 0.3) is 10.9 Å². The van der Waals surface area contributed by atoms with E-state index in [0.29, 0.717) is 6.04 Å². The van der Waals surface area contributed by atoms with Crippen molar-refractivity contribution in [3.8, 4) is 0 Å². The lowest BCUT2D eigenvalue weighted by molar-refractivity contribution is 0.338. The van der Waals surface area contributed by atoms with Crippen LogP contribution in [0.1, 0.15) is 31.7 Å². The summed E-state index contributed by atoms with van der Waals surface area (Å²) in [4.78, 5) is 0. The molecule has 96 valence electrons. The first-order chi connectivity index (χ1) is 8.79. The van der Waals surface area contributed by atoms with Crippen LogP contribution < -0.4 is 5.32 Å². The van der Waals surface area contributed by atoms with Gasteiger partial charge in [0.1, 0.15) is 5.82 Å². The number of aromatic nitrogens is 1. The number of nitrogens with one attached hydrogen (secondary N) is 1. The van der Waals surface area contributed by atoms with Gasteiger partial charge in [-0.3, -0.25) is 0 Å². The second kappa shape index (κ2) is 4.73. The van der Waals surface area contributed by atoms with Crippen LogP contribution >= 0.6 is 0 Å². The molecule has 0 radical (unpaired) electrons. The number of aryl methyl sites for hydroxylation is 1. The molecular weight excluding hydrogens is 227 g/mol. The third-order valence-corrected chi connectivity index (χ3v) is 3.96. The number of halogens is 1. The number of fused-ring (bicyclic) bond motifs is 1. The Morgan fingerprint density at radius 1 is 1.39 bits per heavy atom. The summed E-state index contributed by atoms with van der Waals surface area (Å²) in [6.45, 7) is 3.74. The average Bonchev–Trinajstić information content (AvgIpc) is 2.67. The SMILES string of the molecule is CCn1cc(CNC2CCC2)c2c(F)cccc21. The highest BCUT2D eigenvalue weighted by molar-refractivity contribution is 5.84. The highest BCUT2D eigenvalue weighted by Crippen LogP contribution is 2.25. The lowest BCUT2D eigenvalue weighted by Gasteiger charge is -2.26. The van der Waals surface area contributed by atoms with Crippen molar-refractivity contribution in [1.29, 1.82) is 0 Å². The summed E-state index contributed by atoms with van der Waals surface area (Å²) in [5, 5.41) is 4.30. The summed E-state index contributed by atoms with van der Waals surface area (Å²) < 4.78 is 16.1. The van der Waals surface area contributed by atoms with E-state index in [0.717, 1.165) is 29.6 Å². The third kappa shape index (κ3) is 1.93. The number of hydrogen-bond donors (Lipinski definition) is 1. The predicted octanol–water partition coefficient (Wildman–Crippen LogP) is 3.44. The molecule has 2 nitrogen and oxygen atoms in total. The first-order valence-corrected chi connectivity index (χ1v) is 6.79. The quantitative estimate of drug-likeness (QED) is 0.874. The molecule has 1 aliphatic rings. The van der Waals surface area contributed by atoms with E-state index in [1.54, 1.807) is 12.1 Å². The summed E-state index contributed by atoms with van der Waals surface area (Å²) >= 11 is 0. The van der Waals surface area contributed by atoms with Gasteiger partial charge in [0.05, 0.1) is 5.52 Å². The maximum Gasteiger partial charge on any atom is 0.132 e. The van der Waals surface area contributed by atoms with Crippen LogP contribution in [0.5, 0.6) is 0 Å². The normalized spacial score (nSPS) is 16.1. The number of nitrogens with zero attached hydrogens (tertiary/aromatic N) is 1. The van der Waals surface area contributed by atoms with Crippen molar-refractivity contribution >= 4 is 10.9 Å². The molecule has 3 heteroatoms. The fourth-order valence-electron chi connectivity index (χ4n) is 2.65. The molecule has 1 aromatic carbocycles. The minimum absolute atomic E-state index is 0.106. The van der Waals surface area contributed by atoms with E-state index in [1.807, 2.05) is 6.07 Å². The van der Waals surface area contributed by atoms with Crippen molar-refractivity contribution in [2.45, 2.75) is 45.3 Å². The maximum atomic E-state index is 14.0. The van der Waals surface area contributed by atoms with E-state index >= 15 is 0 Å². The van der Waals surface area contributed by atoms with Crippen LogP contribution in [-0.2, 0) is 13.1 Å². The number of benzene rings is 1. The zero-order chi connectivity index (χ0) is 12.5. The average molecular weight is 246 g/mol. The largest absolute Gasteiger partial charge is 0.347 e. The Balaban J connectivity index is 1.94. The van der Waals surface area contributed by atoms with Gasteiger partial charge in [0.15, 0.2) is 0 Å². The molecule has 1 saturated carbocycles. The predicted molar refractivity (Wildman–Crippen MR) is 72.0 cm³/mol. The van der Waals surface area contributed by atoms with Gasteiger partial charge in [-0.1, -0.05) is 12.5 Å². The van der Waals surface area contributed by atoms with Gasteiger partial charge in [-0.15, -0.1) is 0 Å². The summed E-state index contributed by atoms with van der Waals surface area (Å²) in [5.74, 6) is -0.106. The fraction of sp³-hybridized carbons (Fsp3) is 0.467. The molecule has 2 aromatic rings. The molecule has 0 aliphatic heterocycles. The van der Waals surface area contributed by atoms with Crippen molar-refractivity contribution in [1.82, 2.24) is 9.88 Å². The Bertz CT molecular complexity index is 555. The summed E-state index contributed by atoms with van der Waals surface area (Å²) in [6, 6.07) is 5.97. The van der Waals surface area contributed by atoms with E-state index in [-0.39, 0.29) is 5.82 Å². The van der Waals surface area contributed by atoms with E-state index in [9.17, 15) is 4.39 Å². The maximum absolute atomic E-state index is 14.0. The summed E-state index contributed by atoms with van der Waals surface area (Å²) in [7, 11) is 0. The van der Waals surface area contributed by atoms with Crippen molar-refractivity contribution in [3.05, 3.63) is 35.8 Å². The summed E-state index contributed by atoms with van der Waals surface area (Å²) in [6.07, 6.45) is 5.92. The third-order valence-electron chi connectivity index (χ3n) is 3.96. The highest BCUT2D eigenvalue weighted by atomic mass is 19.1. The van der Waals surface area contributed by atoms with Crippen LogP contribution in [0.15, 0.2) is 24.4 Å². The van der Waals surface area contributed by atoms with Gasteiger partial charge in [0.25, 0.3) is 0 Å². The van der Waals surface area contributed by atoms with E-state index in [1.165, 1.54) is 19.3 Å². The van der Waals surface area contributed by atoms with Gasteiger partial charge in [-0.05, 0) is 37.5 Å². The number of hydrogen-bond acceptors (Lipinski definition) is 1. The van der Waals surface area contributed by atoms with Gasteiger partial charge in [0, 0.05) is 30.7 Å². The zero-order valence-corrected chi connectivity index (χ0v) is 10.7. The van der Waals surface area contributed by atoms with Gasteiger partial charge in [-0.2, -0.15) is 0 Å². The fourth-order valence-corrected chi connectivity index (χ4v) is 2.65. The topological polar surface area (TPSA) is 17.0 Å². The van der Waals surface area contributed by atoms with Crippen LogP contribution in [0.3, 0.4) is 0 Å². The molecule has 1 heterocycles. The van der Waals surface area contributed by atoms with Crippen LogP contribution in [0.2, 0.25) is 0 Å². The molecule has 1 aromatic heterocycles. The van der Waals surface area contributed by atoms with E-state index in [2.05, 4.69) is 23.0 Å². The van der Waals surface area contributed by atoms with Crippen LogP contribution in [-0.4, -0.2) is 10.6 Å². The molecule has 0 amide bonds. The second-order valence-electron chi connectivity index (χ2n) is 5.08. The lowest BCUT2D eigenvalue weighted by Crippen LogP contribution is -2.34. The second-order valence-corrected chi connectivity index (χ2v) is 5.08.